The van der Waals surface area contributed by atoms with Crippen molar-refractivity contribution in [2.24, 2.45) is 10.8 Å². The van der Waals surface area contributed by atoms with E-state index in [9.17, 15) is 0 Å². The maximum Gasteiger partial charge on any atom is 0.221 e. The van der Waals surface area contributed by atoms with Crippen LogP contribution in [0.4, 0.5) is 0 Å². The van der Waals surface area contributed by atoms with Crippen LogP contribution in [0.1, 0.15) is 129 Å². The third-order valence-corrected chi connectivity index (χ3v) is 18.4. The summed E-state index contributed by atoms with van der Waals surface area (Å²) in [4.78, 5) is 19.7. The number of benzene rings is 6. The van der Waals surface area contributed by atoms with Gasteiger partial charge in [0.2, 0.25) is 17.6 Å². The van der Waals surface area contributed by atoms with E-state index in [0.717, 1.165) is 101 Å². The lowest BCUT2D eigenvalue weighted by molar-refractivity contribution is 0.114. The first-order valence-electron chi connectivity index (χ1n) is 30.8. The molecule has 9 heteroatoms. The van der Waals surface area contributed by atoms with Gasteiger partial charge in [-0.3, -0.25) is 0 Å². The highest BCUT2D eigenvalue weighted by atomic mass is 16.5. The molecule has 0 saturated heterocycles. The fraction of sp³-hybridized carbons (Fsp3) is 0.231. The Hall–Kier alpha value is -9.60. The molecular weight excluding hydrogens is 1070 g/mol. The van der Waals surface area contributed by atoms with Gasteiger partial charge in [-0.05, 0) is 191 Å². The minimum absolute atomic E-state index is 0.0264. The van der Waals surface area contributed by atoms with E-state index in [0.29, 0.717) is 65.8 Å². The molecule has 24 bridgehead atoms. The molecule has 17 aliphatic heterocycles. The molecule has 87 heavy (non-hydrogen) atoms. The van der Waals surface area contributed by atoms with Gasteiger partial charge in [-0.25, -0.2) is 4.98 Å². The van der Waals surface area contributed by atoms with E-state index < -0.39 is 0 Å². The largest absolute Gasteiger partial charge is 0.493 e. The van der Waals surface area contributed by atoms with Crippen LogP contribution in [-0.4, -0.2) is 33.1 Å². The molecule has 0 saturated carbocycles. The van der Waals surface area contributed by atoms with Crippen molar-refractivity contribution in [1.29, 1.82) is 0 Å². The molecule has 9 nitrogen and oxygen atoms in total. The van der Waals surface area contributed by atoms with Gasteiger partial charge < -0.3 is 23.7 Å². The van der Waals surface area contributed by atoms with Crippen LogP contribution in [0.15, 0.2) is 218 Å². The van der Waals surface area contributed by atoms with Crippen LogP contribution >= 0.6 is 0 Å². The fourth-order valence-electron chi connectivity index (χ4n) is 12.4. The molecule has 4 aromatic heterocycles. The Bertz CT molecular complexity index is 4020. The second-order valence-corrected chi connectivity index (χ2v) is 24.7. The van der Waals surface area contributed by atoms with Crippen molar-refractivity contribution in [2.45, 2.75) is 90.9 Å². The molecule has 4 unspecified atom stereocenters. The summed E-state index contributed by atoms with van der Waals surface area (Å²) in [5.41, 5.74) is 15.0. The second-order valence-electron chi connectivity index (χ2n) is 24.7. The predicted octanol–water partition coefficient (Wildman–Crippen LogP) is 19.9. The Labute approximate surface area is 509 Å². The topological polar surface area (TPSA) is 97.7 Å². The number of hydrogen-bond acceptors (Lipinski definition) is 9. The SMILES string of the molecule is CCC1(C)CCCC(C)(CC)COc2ccc(cc2)C2C=C3C=C(C2)c2ccc(cc2)Oc2ccc4ccc(nc4n2)Cc2ccc(cc2)C2=CC(=CC(C2)c2ccc(cc2)OC1)c1ccc(cc1)Oc1ccc2ccc(nc2n1)Oc1ccc3cc1. The van der Waals surface area contributed by atoms with Gasteiger partial charge in [0, 0.05) is 63.8 Å². The molecule has 0 fully saturated rings. The smallest absolute Gasteiger partial charge is 0.221 e. The Balaban J connectivity index is 0.860. The number of allylic oxidation sites excluding steroid dienone is 8. The Morgan fingerprint density at radius 2 is 0.782 bits per heavy atom. The molecule has 19 aliphatic rings. The zero-order chi connectivity index (χ0) is 58.9. The zero-order valence-corrected chi connectivity index (χ0v) is 49.8. The van der Waals surface area contributed by atoms with Crippen LogP contribution < -0.4 is 23.7 Å². The van der Waals surface area contributed by atoms with Crippen molar-refractivity contribution >= 4 is 44.4 Å². The van der Waals surface area contributed by atoms with Crippen molar-refractivity contribution in [3.8, 4) is 46.4 Å². The normalized spacial score (nSPS) is 20.3. The first-order chi connectivity index (χ1) is 42.5. The summed E-state index contributed by atoms with van der Waals surface area (Å²) in [6.45, 7) is 10.7. The van der Waals surface area contributed by atoms with Gasteiger partial charge in [0.15, 0.2) is 11.3 Å². The quantitative estimate of drug-likeness (QED) is 0.168. The second kappa shape index (κ2) is 23.7. The molecule has 0 amide bonds. The predicted molar refractivity (Wildman–Crippen MR) is 349 cm³/mol. The fourth-order valence-corrected chi connectivity index (χ4v) is 12.4. The van der Waals surface area contributed by atoms with E-state index in [1.54, 1.807) is 0 Å². The van der Waals surface area contributed by atoms with Gasteiger partial charge in [-0.2, -0.15) is 15.0 Å². The maximum atomic E-state index is 6.68. The molecule has 21 heterocycles. The molecule has 0 radical (unpaired) electrons. The summed E-state index contributed by atoms with van der Waals surface area (Å²) in [7, 11) is 0. The van der Waals surface area contributed by atoms with Crippen molar-refractivity contribution in [3.05, 3.63) is 263 Å². The van der Waals surface area contributed by atoms with E-state index in [2.05, 4.69) is 173 Å². The highest BCUT2D eigenvalue weighted by molar-refractivity contribution is 5.89. The first-order valence-corrected chi connectivity index (χ1v) is 30.8. The summed E-state index contributed by atoms with van der Waals surface area (Å²) in [6, 6.07) is 67.3. The van der Waals surface area contributed by atoms with Crippen molar-refractivity contribution < 1.29 is 23.7 Å². The summed E-state index contributed by atoms with van der Waals surface area (Å²) in [6.07, 6.45) is 17.1. The maximum absolute atomic E-state index is 6.68. The van der Waals surface area contributed by atoms with E-state index >= 15 is 0 Å². The van der Waals surface area contributed by atoms with Gasteiger partial charge in [0.1, 0.15) is 28.7 Å². The van der Waals surface area contributed by atoms with E-state index in [4.69, 9.17) is 43.6 Å². The van der Waals surface area contributed by atoms with Crippen molar-refractivity contribution in [1.82, 2.24) is 19.9 Å². The molecule has 4 atom stereocenters. The average Bonchev–Trinajstić information content (AvgIpc) is 1.97. The van der Waals surface area contributed by atoms with Crippen molar-refractivity contribution in [2.75, 3.05) is 13.2 Å². The van der Waals surface area contributed by atoms with E-state index in [-0.39, 0.29) is 22.7 Å². The Kier molecular flexibility index (Phi) is 15.1. The molecule has 432 valence electrons. The molecular formula is C78H70N4O5. The zero-order valence-electron chi connectivity index (χ0n) is 49.8. The standard InChI is InChI=1S/C78H70N4O5/c1-5-77(3)40-7-41-78(4,6-2)50-84-68-29-15-54(16-30-68)62-46-64-48-65(47-62)57-21-35-71(36-22-57)87-74-39-25-59-24-38-73(81-76(59)82-74)86-70-33-19-55(20-34-70)63-44-60(43-61(45-63)53-13-27-67(28-14-53)83-49-77)52-10-8-51(9-11-52)42-66-26-12-58-23-37-72(80-75(58)79-66)85-69-31-17-56(64)18-32-69/h8-39,44-45,47-48,61-62H,5-7,40-43,46,49-50H2,1-4H3. The molecule has 2 aliphatic carbocycles. The minimum Gasteiger partial charge on any atom is -0.493 e. The highest BCUT2D eigenvalue weighted by Gasteiger charge is 2.29. The molecule has 10 aromatic rings. The monoisotopic (exact) mass is 1140 g/mol. The van der Waals surface area contributed by atoms with Crippen LogP contribution in [-0.2, 0) is 6.42 Å². The van der Waals surface area contributed by atoms with Crippen LogP contribution in [0.3, 0.4) is 0 Å². The van der Waals surface area contributed by atoms with Crippen LogP contribution in [0, 0.1) is 10.8 Å². The molecule has 0 N–H and O–H groups in total. The average molecular weight is 1140 g/mol. The van der Waals surface area contributed by atoms with Gasteiger partial charge >= 0.3 is 0 Å². The lowest BCUT2D eigenvalue weighted by Gasteiger charge is -2.32. The summed E-state index contributed by atoms with van der Waals surface area (Å²) in [5, 5.41) is 1.83. The molecule has 6 aromatic carbocycles. The van der Waals surface area contributed by atoms with Crippen LogP contribution in [0.5, 0.6) is 46.4 Å². The molecule has 0 spiro atoms. The third-order valence-electron chi connectivity index (χ3n) is 18.4. The van der Waals surface area contributed by atoms with E-state index in [1.165, 1.54) is 33.4 Å². The number of nitrogens with zero attached hydrogens (tertiary/aromatic N) is 4. The highest BCUT2D eigenvalue weighted by Crippen LogP contribution is 2.44. The van der Waals surface area contributed by atoms with Gasteiger partial charge in [0.25, 0.3) is 0 Å². The number of rotatable bonds is 2. The Morgan fingerprint density at radius 3 is 1.21 bits per heavy atom. The van der Waals surface area contributed by atoms with Gasteiger partial charge in [0.05, 0.1) is 13.2 Å². The van der Waals surface area contributed by atoms with E-state index in [1.807, 2.05) is 72.8 Å². The first kappa shape index (κ1) is 55.3. The number of aromatic nitrogens is 4. The Morgan fingerprint density at radius 1 is 0.402 bits per heavy atom. The van der Waals surface area contributed by atoms with Gasteiger partial charge in [-0.1, -0.05) is 143 Å². The number of pyridine rings is 4. The van der Waals surface area contributed by atoms with Crippen LogP contribution in [0.25, 0.3) is 44.4 Å². The van der Waals surface area contributed by atoms with Crippen LogP contribution in [0.2, 0.25) is 0 Å². The minimum atomic E-state index is 0.0264. The van der Waals surface area contributed by atoms with Gasteiger partial charge in [-0.15, -0.1) is 0 Å². The number of ether oxygens (including phenoxy) is 5. The lowest BCUT2D eigenvalue weighted by Crippen LogP contribution is -2.27. The third kappa shape index (κ3) is 12.4. The summed E-state index contributed by atoms with van der Waals surface area (Å²) >= 11 is 0. The summed E-state index contributed by atoms with van der Waals surface area (Å²) in [5.74, 6) is 5.42. The lowest BCUT2D eigenvalue weighted by atomic mass is 9.78. The summed E-state index contributed by atoms with van der Waals surface area (Å²) < 4.78 is 32.7. The number of hydrogen-bond donors (Lipinski definition) is 0. The molecule has 29 rings (SSSR count). The van der Waals surface area contributed by atoms with Crippen molar-refractivity contribution in [3.63, 3.8) is 0 Å².